The van der Waals surface area contributed by atoms with Crippen LogP contribution in [0.15, 0.2) is 28.7 Å². The van der Waals surface area contributed by atoms with Crippen molar-refractivity contribution in [2.75, 3.05) is 0 Å². The number of aryl methyl sites for hydroxylation is 3. The van der Waals surface area contributed by atoms with Crippen LogP contribution in [0.1, 0.15) is 49.3 Å². The van der Waals surface area contributed by atoms with Crippen LogP contribution >= 0.6 is 15.9 Å². The highest BCUT2D eigenvalue weighted by Crippen LogP contribution is 2.27. The van der Waals surface area contributed by atoms with Gasteiger partial charge in [0.15, 0.2) is 0 Å². The van der Waals surface area contributed by atoms with Gasteiger partial charge in [-0.2, -0.15) is 5.10 Å². The molecule has 0 amide bonds. The Kier molecular flexibility index (Phi) is 5.59. The molecule has 0 fully saturated rings. The fraction of sp³-hybridized carbons (Fsp3) is 0.471. The van der Waals surface area contributed by atoms with Crippen molar-refractivity contribution in [3.05, 3.63) is 51.3 Å². The summed E-state index contributed by atoms with van der Waals surface area (Å²) in [6, 6.07) is 8.46. The second-order valence-electron chi connectivity index (χ2n) is 5.24. The molecule has 0 aliphatic rings. The lowest BCUT2D eigenvalue weighted by molar-refractivity contribution is 0.583. The molecule has 0 aliphatic carbocycles. The van der Waals surface area contributed by atoms with Gasteiger partial charge >= 0.3 is 0 Å². The highest BCUT2D eigenvalue weighted by atomic mass is 79.9. The molecule has 2 N–H and O–H groups in total. The molecule has 4 heteroatoms. The maximum Gasteiger partial charge on any atom is 0.0766 e. The molecule has 1 atom stereocenters. The Morgan fingerprint density at radius 3 is 2.52 bits per heavy atom. The minimum absolute atomic E-state index is 0.00385. The molecule has 1 heterocycles. The first kappa shape index (κ1) is 16.2. The number of aromatic nitrogens is 2. The van der Waals surface area contributed by atoms with Gasteiger partial charge in [-0.25, -0.2) is 0 Å². The maximum atomic E-state index is 6.48. The van der Waals surface area contributed by atoms with E-state index in [2.05, 4.69) is 70.7 Å². The van der Waals surface area contributed by atoms with Crippen LogP contribution in [0.3, 0.4) is 0 Å². The van der Waals surface area contributed by atoms with Crippen molar-refractivity contribution in [1.82, 2.24) is 9.78 Å². The van der Waals surface area contributed by atoms with E-state index in [1.165, 1.54) is 16.8 Å². The van der Waals surface area contributed by atoms with Gasteiger partial charge in [-0.05, 0) is 46.8 Å². The third kappa shape index (κ3) is 3.38. The zero-order valence-electron chi connectivity index (χ0n) is 13.1. The standard InChI is InChI=1S/C17H24BrN3/c1-4-12-9-7-8-10-13(12)14(19)11-16-17(18)15(5-2)20-21(16)6-3/h7-10,14H,4-6,11,19H2,1-3H3. The van der Waals surface area contributed by atoms with Crippen LogP contribution in [0.4, 0.5) is 0 Å². The van der Waals surface area contributed by atoms with Gasteiger partial charge in [0.2, 0.25) is 0 Å². The highest BCUT2D eigenvalue weighted by molar-refractivity contribution is 9.10. The SMILES string of the molecule is CCc1ccccc1C(N)Cc1c(Br)c(CC)nn1CC. The van der Waals surface area contributed by atoms with Gasteiger partial charge in [0.1, 0.15) is 0 Å². The van der Waals surface area contributed by atoms with Crippen LogP contribution < -0.4 is 5.73 Å². The van der Waals surface area contributed by atoms with E-state index in [0.29, 0.717) is 0 Å². The molecule has 0 saturated carbocycles. The monoisotopic (exact) mass is 349 g/mol. The van der Waals surface area contributed by atoms with E-state index >= 15 is 0 Å². The molecule has 0 bridgehead atoms. The van der Waals surface area contributed by atoms with Crippen molar-refractivity contribution in [1.29, 1.82) is 0 Å². The number of hydrogen-bond donors (Lipinski definition) is 1. The van der Waals surface area contributed by atoms with Crippen molar-refractivity contribution in [3.63, 3.8) is 0 Å². The summed E-state index contributed by atoms with van der Waals surface area (Å²) in [5, 5.41) is 4.65. The predicted octanol–water partition coefficient (Wildman–Crippen LogP) is 4.03. The summed E-state index contributed by atoms with van der Waals surface area (Å²) in [4.78, 5) is 0. The molecular weight excluding hydrogens is 326 g/mol. The number of halogens is 1. The lowest BCUT2D eigenvalue weighted by atomic mass is 9.96. The van der Waals surface area contributed by atoms with E-state index in [0.717, 1.165) is 36.0 Å². The van der Waals surface area contributed by atoms with E-state index in [4.69, 9.17) is 5.73 Å². The van der Waals surface area contributed by atoms with Gasteiger partial charge in [0.05, 0.1) is 15.9 Å². The average Bonchev–Trinajstić information content (AvgIpc) is 2.83. The fourth-order valence-corrected chi connectivity index (χ4v) is 3.47. The van der Waals surface area contributed by atoms with E-state index < -0.39 is 0 Å². The molecule has 0 radical (unpaired) electrons. The van der Waals surface area contributed by atoms with E-state index in [1.54, 1.807) is 0 Å². The van der Waals surface area contributed by atoms with Crippen molar-refractivity contribution in [2.24, 2.45) is 5.73 Å². The number of nitrogens with zero attached hydrogens (tertiary/aromatic N) is 2. The molecule has 1 unspecified atom stereocenters. The Bertz CT molecular complexity index is 604. The lowest BCUT2D eigenvalue weighted by Gasteiger charge is -2.17. The summed E-state index contributed by atoms with van der Waals surface area (Å²) in [5.74, 6) is 0. The maximum absolute atomic E-state index is 6.48. The van der Waals surface area contributed by atoms with Gasteiger partial charge in [-0.3, -0.25) is 4.68 Å². The summed E-state index contributed by atoms with van der Waals surface area (Å²) >= 11 is 3.70. The van der Waals surface area contributed by atoms with Crippen LogP contribution in [0.2, 0.25) is 0 Å². The smallest absolute Gasteiger partial charge is 0.0766 e. The fourth-order valence-electron chi connectivity index (χ4n) is 2.75. The second-order valence-corrected chi connectivity index (χ2v) is 6.03. The molecule has 2 aromatic rings. The van der Waals surface area contributed by atoms with Gasteiger partial charge in [-0.1, -0.05) is 38.1 Å². The normalized spacial score (nSPS) is 12.6. The molecule has 1 aromatic carbocycles. The molecule has 3 nitrogen and oxygen atoms in total. The number of benzene rings is 1. The number of nitrogens with two attached hydrogens (primary N) is 1. The Balaban J connectivity index is 2.31. The Labute approximate surface area is 135 Å². The molecule has 2 rings (SSSR count). The predicted molar refractivity (Wildman–Crippen MR) is 91.4 cm³/mol. The number of rotatable bonds is 6. The summed E-state index contributed by atoms with van der Waals surface area (Å²) < 4.78 is 3.19. The van der Waals surface area contributed by atoms with Crippen LogP contribution in [-0.4, -0.2) is 9.78 Å². The quantitative estimate of drug-likeness (QED) is 0.855. The zero-order valence-corrected chi connectivity index (χ0v) is 14.7. The van der Waals surface area contributed by atoms with Crippen LogP contribution in [-0.2, 0) is 25.8 Å². The molecule has 0 saturated heterocycles. The molecule has 114 valence electrons. The van der Waals surface area contributed by atoms with Crippen LogP contribution in [0.25, 0.3) is 0 Å². The summed E-state index contributed by atoms with van der Waals surface area (Å²) in [7, 11) is 0. The third-order valence-corrected chi connectivity index (χ3v) is 4.86. The summed E-state index contributed by atoms with van der Waals surface area (Å²) in [6.45, 7) is 7.29. The minimum atomic E-state index is 0.00385. The lowest BCUT2D eigenvalue weighted by Crippen LogP contribution is -2.18. The molecular formula is C17H24BrN3. The Morgan fingerprint density at radius 2 is 1.90 bits per heavy atom. The van der Waals surface area contributed by atoms with E-state index in [9.17, 15) is 0 Å². The molecule has 1 aromatic heterocycles. The topological polar surface area (TPSA) is 43.8 Å². The molecule has 0 spiro atoms. The van der Waals surface area contributed by atoms with E-state index in [-0.39, 0.29) is 6.04 Å². The summed E-state index contributed by atoms with van der Waals surface area (Å²) in [6.07, 6.45) is 2.75. The van der Waals surface area contributed by atoms with Gasteiger partial charge in [-0.15, -0.1) is 0 Å². The zero-order chi connectivity index (χ0) is 15.4. The van der Waals surface area contributed by atoms with Crippen LogP contribution in [0.5, 0.6) is 0 Å². The Hall–Kier alpha value is -1.13. The van der Waals surface area contributed by atoms with E-state index in [1.807, 2.05) is 0 Å². The number of hydrogen-bond acceptors (Lipinski definition) is 2. The minimum Gasteiger partial charge on any atom is -0.324 e. The van der Waals surface area contributed by atoms with Crippen molar-refractivity contribution < 1.29 is 0 Å². The molecule has 21 heavy (non-hydrogen) atoms. The van der Waals surface area contributed by atoms with Gasteiger partial charge in [0.25, 0.3) is 0 Å². The average molecular weight is 350 g/mol. The van der Waals surface area contributed by atoms with Gasteiger partial charge in [0, 0.05) is 19.0 Å². The highest BCUT2D eigenvalue weighted by Gasteiger charge is 2.18. The third-order valence-electron chi connectivity index (χ3n) is 3.94. The summed E-state index contributed by atoms with van der Waals surface area (Å²) in [5.41, 5.74) is 11.4. The first-order chi connectivity index (χ1) is 10.1. The first-order valence-electron chi connectivity index (χ1n) is 7.69. The first-order valence-corrected chi connectivity index (χ1v) is 8.49. The largest absolute Gasteiger partial charge is 0.324 e. The van der Waals surface area contributed by atoms with Gasteiger partial charge < -0.3 is 5.73 Å². The van der Waals surface area contributed by atoms with Crippen LogP contribution in [0, 0.1) is 0 Å². The van der Waals surface area contributed by atoms with Crippen molar-refractivity contribution in [3.8, 4) is 0 Å². The van der Waals surface area contributed by atoms with Crippen molar-refractivity contribution >= 4 is 15.9 Å². The van der Waals surface area contributed by atoms with Crippen molar-refractivity contribution in [2.45, 2.75) is 52.6 Å². The molecule has 0 aliphatic heterocycles. The second kappa shape index (κ2) is 7.23. The Morgan fingerprint density at radius 1 is 1.19 bits per heavy atom.